The molecule has 3 atom stereocenters. The molecular weight excluding hydrogens is 985 g/mol. The number of alkyl halides is 3. The Morgan fingerprint density at radius 2 is 1.58 bits per heavy atom. The maximum absolute atomic E-state index is 15.5. The van der Waals surface area contributed by atoms with E-state index in [0.29, 0.717) is 25.5 Å². The highest BCUT2D eigenvalue weighted by molar-refractivity contribution is 7.81. The van der Waals surface area contributed by atoms with Gasteiger partial charge in [-0.15, -0.1) is 11.3 Å². The van der Waals surface area contributed by atoms with Gasteiger partial charge < -0.3 is 30.9 Å². The zero-order valence-electron chi connectivity index (χ0n) is 41.8. The van der Waals surface area contributed by atoms with E-state index in [1.165, 1.54) is 47.9 Å². The number of likely N-dealkylation sites (tertiary alicyclic amines) is 1. The number of nitriles is 1. The Morgan fingerprint density at radius 3 is 2.18 bits per heavy atom. The van der Waals surface area contributed by atoms with E-state index < -0.39 is 70.0 Å². The maximum Gasteiger partial charge on any atom is 0.417 e. The van der Waals surface area contributed by atoms with Crippen LogP contribution in [0.2, 0.25) is 0 Å². The molecule has 0 spiro atoms. The lowest BCUT2D eigenvalue weighted by molar-refractivity contribution is -0.144. The number of thiazole rings is 1. The van der Waals surface area contributed by atoms with Crippen molar-refractivity contribution in [1.29, 1.82) is 5.26 Å². The number of thiocarbonyl (C=S) groups is 1. The first-order valence-corrected chi connectivity index (χ1v) is 25.7. The van der Waals surface area contributed by atoms with Crippen molar-refractivity contribution < 1.29 is 46.6 Å². The van der Waals surface area contributed by atoms with Crippen molar-refractivity contribution >= 4 is 69.6 Å². The molecule has 5 amide bonds. The fraction of sp³-hybridized carbons (Fsp3) is 0.472. The van der Waals surface area contributed by atoms with Gasteiger partial charge in [-0.1, -0.05) is 83.6 Å². The number of hydrogen-bond acceptors (Lipinski definition) is 10. The number of unbranched alkanes of at least 4 members (excludes halogenated alkanes) is 7. The fourth-order valence-corrected chi connectivity index (χ4v) is 10.4. The fourth-order valence-electron chi connectivity index (χ4n) is 9.07. The van der Waals surface area contributed by atoms with Crippen molar-refractivity contribution in [2.24, 2.45) is 5.41 Å². The zero-order valence-corrected chi connectivity index (χ0v) is 43.5. The molecule has 73 heavy (non-hydrogen) atoms. The minimum atomic E-state index is -4.87. The Balaban J connectivity index is 0.877. The number of halogens is 4. The van der Waals surface area contributed by atoms with E-state index in [-0.39, 0.29) is 59.8 Å². The van der Waals surface area contributed by atoms with Gasteiger partial charge in [0.15, 0.2) is 5.11 Å². The quantitative estimate of drug-likeness (QED) is 0.0378. The lowest BCUT2D eigenvalue weighted by atomic mass is 9.85. The zero-order chi connectivity index (χ0) is 53.4. The number of aromatic nitrogens is 1. The van der Waals surface area contributed by atoms with Crippen LogP contribution in [0.3, 0.4) is 0 Å². The molecule has 0 saturated carbocycles. The number of anilines is 2. The third kappa shape index (κ3) is 13.5. The Morgan fingerprint density at radius 1 is 0.932 bits per heavy atom. The normalized spacial score (nSPS) is 17.2. The molecule has 390 valence electrons. The summed E-state index contributed by atoms with van der Waals surface area (Å²) in [4.78, 5) is 76.1. The summed E-state index contributed by atoms with van der Waals surface area (Å²) in [7, 11) is 0. The number of benzene rings is 3. The Hall–Kier alpha value is -6.30. The van der Waals surface area contributed by atoms with E-state index >= 15 is 4.39 Å². The predicted molar refractivity (Wildman–Crippen MR) is 275 cm³/mol. The van der Waals surface area contributed by atoms with Crippen LogP contribution in [0.1, 0.15) is 132 Å². The summed E-state index contributed by atoms with van der Waals surface area (Å²) in [6, 6.07) is 14.1. The van der Waals surface area contributed by atoms with Crippen LogP contribution in [0.4, 0.5) is 28.9 Å². The van der Waals surface area contributed by atoms with Crippen LogP contribution in [0, 0.1) is 29.5 Å². The molecule has 2 aliphatic rings. The van der Waals surface area contributed by atoms with Gasteiger partial charge in [0, 0.05) is 38.2 Å². The highest BCUT2D eigenvalue weighted by Gasteiger charge is 2.51. The number of carbonyl (C=O) groups is 5. The first kappa shape index (κ1) is 56.0. The molecule has 3 aromatic carbocycles. The monoisotopic (exact) mass is 1050 g/mol. The number of aliphatic hydroxyl groups excluding tert-OH is 1. The van der Waals surface area contributed by atoms with Crippen LogP contribution in [0.15, 0.2) is 66.2 Å². The highest BCUT2D eigenvalue weighted by Crippen LogP contribution is 2.40. The lowest BCUT2D eigenvalue weighted by Crippen LogP contribution is -2.57. The molecule has 0 aliphatic carbocycles. The maximum atomic E-state index is 15.5. The molecule has 2 saturated heterocycles. The average Bonchev–Trinajstić information content (AvgIpc) is 4.00. The number of β-amino-alcohol motifs (C(OH)–C–C–N with tert-alkyl or cyclic N) is 1. The third-order valence-corrected chi connectivity index (χ3v) is 14.5. The van der Waals surface area contributed by atoms with Gasteiger partial charge in [-0.3, -0.25) is 28.9 Å². The van der Waals surface area contributed by atoms with Crippen LogP contribution in [-0.2, 0) is 31.9 Å². The van der Waals surface area contributed by atoms with Gasteiger partial charge in [-0.25, -0.2) is 9.37 Å². The van der Waals surface area contributed by atoms with Gasteiger partial charge in [0.05, 0.1) is 50.6 Å². The molecule has 2 aliphatic heterocycles. The van der Waals surface area contributed by atoms with Gasteiger partial charge in [0.2, 0.25) is 17.7 Å². The van der Waals surface area contributed by atoms with Crippen molar-refractivity contribution in [2.45, 2.75) is 142 Å². The minimum absolute atomic E-state index is 0.0119. The first-order valence-electron chi connectivity index (χ1n) is 24.4. The van der Waals surface area contributed by atoms with Crippen molar-refractivity contribution in [3.8, 4) is 16.5 Å². The largest absolute Gasteiger partial charge is 0.417 e. The molecule has 20 heteroatoms. The van der Waals surface area contributed by atoms with Crippen LogP contribution in [0.25, 0.3) is 10.4 Å². The number of carbonyl (C=O) groups excluding carboxylic acids is 5. The second kappa shape index (κ2) is 23.7. The van der Waals surface area contributed by atoms with Crippen LogP contribution in [0.5, 0.6) is 0 Å². The van der Waals surface area contributed by atoms with Gasteiger partial charge in [-0.2, -0.15) is 18.4 Å². The van der Waals surface area contributed by atoms with Crippen molar-refractivity contribution in [3.63, 3.8) is 0 Å². The lowest BCUT2D eigenvalue weighted by Gasteiger charge is -2.35. The number of hydrogen-bond donors (Lipinski definition) is 4. The number of aryl methyl sites for hydroxylation is 1. The van der Waals surface area contributed by atoms with Crippen molar-refractivity contribution in [2.75, 3.05) is 22.9 Å². The number of nitrogens with one attached hydrogen (secondary N) is 3. The second-order valence-corrected chi connectivity index (χ2v) is 21.3. The van der Waals surface area contributed by atoms with Crippen LogP contribution < -0.4 is 25.8 Å². The number of aliphatic hydroxyl groups is 1. The van der Waals surface area contributed by atoms with Crippen molar-refractivity contribution in [3.05, 3.63) is 99.9 Å². The summed E-state index contributed by atoms with van der Waals surface area (Å²) < 4.78 is 56.7. The molecule has 1 aromatic heterocycles. The molecule has 4 N–H and O–H groups in total. The molecule has 0 radical (unpaired) electrons. The van der Waals surface area contributed by atoms with Gasteiger partial charge >= 0.3 is 6.18 Å². The highest BCUT2D eigenvalue weighted by atomic mass is 32.1. The Bertz CT molecular complexity index is 2730. The number of nitrogens with zero attached hydrogens (tertiary/aromatic N) is 5. The smallest absolute Gasteiger partial charge is 0.391 e. The summed E-state index contributed by atoms with van der Waals surface area (Å²) in [6.07, 6.45) is 1.18. The molecule has 6 rings (SSSR count). The van der Waals surface area contributed by atoms with E-state index in [1.54, 1.807) is 16.8 Å². The Labute approximate surface area is 432 Å². The number of rotatable bonds is 20. The predicted octanol–water partition coefficient (Wildman–Crippen LogP) is 9.11. The SMILES string of the molecule is Cc1ncsc1-c1ccc(CNC(=O)[C@@H]2C[C@@H](O)CN2C(=O)[C@@H](NC(=O)CCCCCCCCCCNC(=O)c2ccc(N3C(=S)N(c4ccc(C#N)c(C(F)(F)F)c4)C(=O)C3(C)C)cc2F)C(C)(C)C)cc1. The van der Waals surface area contributed by atoms with Gasteiger partial charge in [0.25, 0.3) is 11.8 Å². The molecule has 0 bridgehead atoms. The molecule has 4 aromatic rings. The summed E-state index contributed by atoms with van der Waals surface area (Å²) >= 11 is 7.10. The van der Waals surface area contributed by atoms with E-state index in [1.807, 2.05) is 52.0 Å². The Kier molecular flexibility index (Phi) is 18.2. The van der Waals surface area contributed by atoms with Crippen LogP contribution in [-0.4, -0.2) is 86.5 Å². The third-order valence-electron chi connectivity index (χ3n) is 13.1. The standard InChI is InChI=1S/C53H62F4N8O6S2/c1-32-44(73-31-61-32)34-18-16-33(17-19-34)29-60-47(69)42-27-38(66)30-63(42)48(70)45(51(2,3)4)62-43(67)15-13-11-9-7-8-10-12-14-24-59-46(68)39-23-22-37(26-41(39)54)65-50(72)64(49(71)52(65,5)6)36-21-20-35(28-58)40(25-36)53(55,56)57/h16-23,25-26,31,38,42,45,66H,7-15,24,27,29-30H2,1-6H3,(H,59,68)(H,60,69)(H,62,67)/t38-,42+,45-/m1/s1. The van der Waals surface area contributed by atoms with Crippen molar-refractivity contribution in [1.82, 2.24) is 25.8 Å². The summed E-state index contributed by atoms with van der Waals surface area (Å²) in [5.74, 6) is -3.24. The number of amides is 5. The summed E-state index contributed by atoms with van der Waals surface area (Å²) in [5, 5.41) is 28.1. The molecule has 2 fully saturated rings. The van der Waals surface area contributed by atoms with Gasteiger partial charge in [0.1, 0.15) is 23.4 Å². The summed E-state index contributed by atoms with van der Waals surface area (Å²) in [6.45, 7) is 11.0. The minimum Gasteiger partial charge on any atom is -0.391 e. The van der Waals surface area contributed by atoms with Gasteiger partial charge in [-0.05, 0) is 98.8 Å². The molecule has 0 unspecified atom stereocenters. The molecule has 14 nitrogen and oxygen atoms in total. The average molecular weight is 1050 g/mol. The van der Waals surface area contributed by atoms with E-state index in [0.717, 1.165) is 77.3 Å². The second-order valence-electron chi connectivity index (χ2n) is 20.1. The van der Waals surface area contributed by atoms with E-state index in [9.17, 15) is 47.5 Å². The molecule has 3 heterocycles. The van der Waals surface area contributed by atoms with Crippen LogP contribution >= 0.6 is 23.6 Å². The molecular formula is C53H62F4N8O6S2. The topological polar surface area (TPSA) is 188 Å². The van der Waals surface area contributed by atoms with E-state index in [4.69, 9.17) is 12.2 Å². The summed E-state index contributed by atoms with van der Waals surface area (Å²) in [5.41, 5.74) is 0.394. The van der Waals surface area contributed by atoms with E-state index in [2.05, 4.69) is 20.9 Å². The first-order chi connectivity index (χ1) is 34.4.